The molecule has 7 heteroatoms. The molecule has 2 rings (SSSR count). The predicted molar refractivity (Wildman–Crippen MR) is 77.3 cm³/mol. The van der Waals surface area contributed by atoms with Gasteiger partial charge in [0.2, 0.25) is 10.0 Å². The molecule has 1 atom stereocenters. The van der Waals surface area contributed by atoms with Crippen molar-refractivity contribution in [3.05, 3.63) is 22.7 Å². The number of nitrogens with two attached hydrogens (primary N) is 1. The fraction of sp³-hybridized carbons (Fsp3) is 0.500. The summed E-state index contributed by atoms with van der Waals surface area (Å²) in [5.74, 6) is 0.451. The summed E-state index contributed by atoms with van der Waals surface area (Å²) in [5, 5.41) is 0. The van der Waals surface area contributed by atoms with Crippen molar-refractivity contribution in [2.75, 3.05) is 25.5 Å². The first kappa shape index (κ1) is 14.8. The third kappa shape index (κ3) is 3.92. The molecule has 1 unspecified atom stereocenters. The van der Waals surface area contributed by atoms with Crippen LogP contribution >= 0.6 is 15.9 Å². The molecule has 0 amide bonds. The number of nitrogen functional groups attached to an aromatic ring is 1. The highest BCUT2D eigenvalue weighted by Crippen LogP contribution is 2.24. The molecule has 0 saturated carbocycles. The third-order valence-corrected chi connectivity index (χ3v) is 5.57. The number of halogens is 1. The number of hydrogen-bond acceptors (Lipinski definition) is 4. The van der Waals surface area contributed by atoms with E-state index in [4.69, 9.17) is 10.5 Å². The molecule has 1 heterocycles. The maximum Gasteiger partial charge on any atom is 0.241 e. The SMILES string of the molecule is Nc1ccc(Br)c(S(=O)(=O)NCCC2CCOC2)c1. The standard InChI is InChI=1S/C12H17BrN2O3S/c13-11-2-1-10(14)7-12(11)19(16,17)15-5-3-9-4-6-18-8-9/h1-2,7,9,15H,3-6,8,14H2. The van der Waals surface area contributed by atoms with Gasteiger partial charge in [-0.1, -0.05) is 0 Å². The molecule has 0 bridgehead atoms. The molecule has 0 spiro atoms. The van der Waals surface area contributed by atoms with Crippen LogP contribution in [0.15, 0.2) is 27.6 Å². The number of rotatable bonds is 5. The third-order valence-electron chi connectivity index (χ3n) is 3.11. The van der Waals surface area contributed by atoms with Gasteiger partial charge in [0.05, 0.1) is 4.90 Å². The van der Waals surface area contributed by atoms with Crippen molar-refractivity contribution in [2.45, 2.75) is 17.7 Å². The summed E-state index contributed by atoms with van der Waals surface area (Å²) in [6.45, 7) is 1.92. The highest BCUT2D eigenvalue weighted by Gasteiger charge is 2.20. The molecule has 106 valence electrons. The zero-order valence-corrected chi connectivity index (χ0v) is 12.8. The first-order valence-corrected chi connectivity index (χ1v) is 8.39. The highest BCUT2D eigenvalue weighted by atomic mass is 79.9. The first-order valence-electron chi connectivity index (χ1n) is 6.11. The smallest absolute Gasteiger partial charge is 0.241 e. The summed E-state index contributed by atoms with van der Waals surface area (Å²) >= 11 is 3.23. The second-order valence-electron chi connectivity index (χ2n) is 4.61. The van der Waals surface area contributed by atoms with Crippen LogP contribution in [0.25, 0.3) is 0 Å². The number of sulfonamides is 1. The monoisotopic (exact) mass is 348 g/mol. The Kier molecular flexibility index (Phi) is 4.83. The Labute approximate surface area is 121 Å². The molecule has 1 fully saturated rings. The zero-order chi connectivity index (χ0) is 13.9. The van der Waals surface area contributed by atoms with Crippen LogP contribution in [0.2, 0.25) is 0 Å². The van der Waals surface area contributed by atoms with E-state index in [1.54, 1.807) is 12.1 Å². The first-order chi connectivity index (χ1) is 8.99. The van der Waals surface area contributed by atoms with Crippen LogP contribution < -0.4 is 10.5 Å². The molecule has 1 aliphatic rings. The molecule has 19 heavy (non-hydrogen) atoms. The van der Waals surface area contributed by atoms with Crippen LogP contribution in [0.5, 0.6) is 0 Å². The number of ether oxygens (including phenoxy) is 1. The van der Waals surface area contributed by atoms with E-state index in [0.717, 1.165) is 26.1 Å². The molecule has 5 nitrogen and oxygen atoms in total. The Morgan fingerprint density at radius 3 is 2.95 bits per heavy atom. The Balaban J connectivity index is 1.99. The summed E-state index contributed by atoms with van der Waals surface area (Å²) in [6.07, 6.45) is 1.79. The largest absolute Gasteiger partial charge is 0.399 e. The highest BCUT2D eigenvalue weighted by molar-refractivity contribution is 9.10. The summed E-state index contributed by atoms with van der Waals surface area (Å²) in [4.78, 5) is 0.176. The Morgan fingerprint density at radius 2 is 2.26 bits per heavy atom. The molecule has 1 aliphatic heterocycles. The van der Waals surface area contributed by atoms with Crippen molar-refractivity contribution in [3.8, 4) is 0 Å². The van der Waals surface area contributed by atoms with Crippen molar-refractivity contribution in [1.29, 1.82) is 0 Å². The molecular formula is C12H17BrN2O3S. The molecule has 0 aliphatic carbocycles. The molecule has 1 saturated heterocycles. The lowest BCUT2D eigenvalue weighted by Gasteiger charge is -2.11. The van der Waals surface area contributed by atoms with Gasteiger partial charge in [-0.05, 0) is 52.9 Å². The van der Waals surface area contributed by atoms with Gasteiger partial charge >= 0.3 is 0 Å². The van der Waals surface area contributed by atoms with E-state index in [9.17, 15) is 8.42 Å². The lowest BCUT2D eigenvalue weighted by atomic mass is 10.1. The quantitative estimate of drug-likeness (QED) is 0.794. The van der Waals surface area contributed by atoms with Gasteiger partial charge in [0.1, 0.15) is 0 Å². The molecular weight excluding hydrogens is 332 g/mol. The van der Waals surface area contributed by atoms with Crippen LogP contribution in [-0.4, -0.2) is 28.2 Å². The van der Waals surface area contributed by atoms with Gasteiger partial charge in [-0.3, -0.25) is 0 Å². The average molecular weight is 349 g/mol. The topological polar surface area (TPSA) is 81.4 Å². The van der Waals surface area contributed by atoms with Crippen LogP contribution in [-0.2, 0) is 14.8 Å². The van der Waals surface area contributed by atoms with Crippen molar-refractivity contribution in [1.82, 2.24) is 4.72 Å². The molecule has 0 radical (unpaired) electrons. The van der Waals surface area contributed by atoms with E-state index in [0.29, 0.717) is 22.6 Å². The number of hydrogen-bond donors (Lipinski definition) is 2. The van der Waals surface area contributed by atoms with Crippen molar-refractivity contribution in [2.24, 2.45) is 5.92 Å². The summed E-state index contributed by atoms with van der Waals surface area (Å²) < 4.78 is 32.7. The minimum atomic E-state index is -3.52. The zero-order valence-electron chi connectivity index (χ0n) is 10.4. The Bertz CT molecular complexity index is 542. The van der Waals surface area contributed by atoms with E-state index in [1.807, 2.05) is 0 Å². The van der Waals surface area contributed by atoms with Crippen LogP contribution in [0.4, 0.5) is 5.69 Å². The van der Waals surface area contributed by atoms with E-state index >= 15 is 0 Å². The second-order valence-corrected chi connectivity index (χ2v) is 7.20. The Hall–Kier alpha value is -0.630. The van der Waals surface area contributed by atoms with Crippen molar-refractivity contribution >= 4 is 31.6 Å². The molecule has 0 aromatic heterocycles. The molecule has 1 aromatic carbocycles. The van der Waals surface area contributed by atoms with E-state index in [1.165, 1.54) is 6.07 Å². The van der Waals surface area contributed by atoms with Gasteiger partial charge in [-0.25, -0.2) is 13.1 Å². The number of benzene rings is 1. The average Bonchev–Trinajstić information content (AvgIpc) is 2.85. The van der Waals surface area contributed by atoms with Crippen LogP contribution in [0.3, 0.4) is 0 Å². The molecule has 1 aromatic rings. The van der Waals surface area contributed by atoms with E-state index in [-0.39, 0.29) is 4.90 Å². The van der Waals surface area contributed by atoms with Crippen LogP contribution in [0.1, 0.15) is 12.8 Å². The maximum absolute atomic E-state index is 12.2. The van der Waals surface area contributed by atoms with Crippen molar-refractivity contribution < 1.29 is 13.2 Å². The normalized spacial score (nSPS) is 19.7. The van der Waals surface area contributed by atoms with Crippen LogP contribution in [0, 0.1) is 5.92 Å². The lowest BCUT2D eigenvalue weighted by Crippen LogP contribution is -2.26. The van der Waals surface area contributed by atoms with Gasteiger partial charge in [-0.2, -0.15) is 0 Å². The summed E-state index contributed by atoms with van der Waals surface area (Å²) in [7, 11) is -3.52. The van der Waals surface area contributed by atoms with Crippen molar-refractivity contribution in [3.63, 3.8) is 0 Å². The maximum atomic E-state index is 12.2. The minimum absolute atomic E-state index is 0.176. The van der Waals surface area contributed by atoms with Gasteiger partial charge in [0.15, 0.2) is 0 Å². The van der Waals surface area contributed by atoms with Gasteiger partial charge < -0.3 is 10.5 Å². The summed E-state index contributed by atoms with van der Waals surface area (Å²) in [5.41, 5.74) is 6.05. The lowest BCUT2D eigenvalue weighted by molar-refractivity contribution is 0.184. The second kappa shape index (κ2) is 6.21. The fourth-order valence-electron chi connectivity index (χ4n) is 2.01. The number of anilines is 1. The number of nitrogens with one attached hydrogen (secondary N) is 1. The van der Waals surface area contributed by atoms with Gasteiger partial charge in [0.25, 0.3) is 0 Å². The Morgan fingerprint density at radius 1 is 1.47 bits per heavy atom. The fourth-order valence-corrected chi connectivity index (χ4v) is 4.06. The molecule has 3 N–H and O–H groups in total. The van der Waals surface area contributed by atoms with E-state index in [2.05, 4.69) is 20.7 Å². The van der Waals surface area contributed by atoms with Gasteiger partial charge in [0, 0.05) is 29.9 Å². The van der Waals surface area contributed by atoms with Gasteiger partial charge in [-0.15, -0.1) is 0 Å². The van der Waals surface area contributed by atoms with E-state index < -0.39 is 10.0 Å². The minimum Gasteiger partial charge on any atom is -0.399 e. The summed E-state index contributed by atoms with van der Waals surface area (Å²) in [6, 6.07) is 4.73. The predicted octanol–water partition coefficient (Wildman–Crippen LogP) is 1.74.